The lowest BCUT2D eigenvalue weighted by Gasteiger charge is -2.36. The molecule has 2 heterocycles. The highest BCUT2D eigenvalue weighted by Gasteiger charge is 2.23. The van der Waals surface area contributed by atoms with Crippen LogP contribution >= 0.6 is 0 Å². The number of rotatable bonds is 7. The van der Waals surface area contributed by atoms with Crippen LogP contribution in [0.5, 0.6) is 0 Å². The van der Waals surface area contributed by atoms with Crippen molar-refractivity contribution in [1.82, 2.24) is 4.90 Å². The second-order valence-corrected chi connectivity index (χ2v) is 8.98. The summed E-state index contributed by atoms with van der Waals surface area (Å²) >= 11 is 0. The lowest BCUT2D eigenvalue weighted by molar-refractivity contribution is 0.0696. The van der Waals surface area contributed by atoms with Crippen molar-refractivity contribution >= 4 is 23.3 Å². The number of hydrogen-bond donors (Lipinski definition) is 2. The summed E-state index contributed by atoms with van der Waals surface area (Å²) in [5.41, 5.74) is 2.18. The fourth-order valence-electron chi connectivity index (χ4n) is 4.84. The normalized spacial score (nSPS) is 17.8. The Hall–Kier alpha value is -2.86. The van der Waals surface area contributed by atoms with Crippen molar-refractivity contribution in [3.05, 3.63) is 59.7 Å². The molecule has 0 aromatic heterocycles. The van der Waals surface area contributed by atoms with Crippen molar-refractivity contribution in [2.75, 3.05) is 42.9 Å². The van der Waals surface area contributed by atoms with Gasteiger partial charge in [-0.15, -0.1) is 0 Å². The average Bonchev–Trinajstić information content (AvgIpc) is 2.84. The van der Waals surface area contributed by atoms with Gasteiger partial charge in [-0.25, -0.2) is 4.79 Å². The summed E-state index contributed by atoms with van der Waals surface area (Å²) in [7, 11) is 0. The zero-order valence-electron chi connectivity index (χ0n) is 18.6. The van der Waals surface area contributed by atoms with Gasteiger partial charge in [0.2, 0.25) is 0 Å². The Kier molecular flexibility index (Phi) is 7.43. The number of nitrogens with zero attached hydrogens (tertiary/aromatic N) is 2. The molecule has 0 unspecified atom stereocenters. The van der Waals surface area contributed by atoms with Crippen LogP contribution in [0.2, 0.25) is 0 Å². The molecule has 2 fully saturated rings. The van der Waals surface area contributed by atoms with E-state index >= 15 is 0 Å². The topological polar surface area (TPSA) is 72.9 Å². The third kappa shape index (κ3) is 5.68. The van der Waals surface area contributed by atoms with Gasteiger partial charge in [-0.05, 0) is 88.0 Å². The fourth-order valence-corrected chi connectivity index (χ4v) is 4.84. The number of anilines is 2. The first kappa shape index (κ1) is 22.3. The molecule has 0 saturated carbocycles. The number of amides is 1. The molecule has 0 bridgehead atoms. The molecule has 0 aliphatic carbocycles. The van der Waals surface area contributed by atoms with Crippen LogP contribution in [-0.4, -0.2) is 54.6 Å². The summed E-state index contributed by atoms with van der Waals surface area (Å²) in [6.07, 6.45) is 7.55. The number of carbonyl (C=O) groups is 2. The Morgan fingerprint density at radius 2 is 1.62 bits per heavy atom. The largest absolute Gasteiger partial charge is 0.478 e. The molecule has 6 heteroatoms. The molecule has 2 saturated heterocycles. The monoisotopic (exact) mass is 435 g/mol. The maximum Gasteiger partial charge on any atom is 0.335 e. The first-order chi connectivity index (χ1) is 15.6. The van der Waals surface area contributed by atoms with E-state index in [4.69, 9.17) is 0 Å². The number of nitrogens with one attached hydrogen (secondary N) is 1. The van der Waals surface area contributed by atoms with Gasteiger partial charge in [0.1, 0.15) is 0 Å². The predicted octanol–water partition coefficient (Wildman–Crippen LogP) is 4.73. The van der Waals surface area contributed by atoms with Gasteiger partial charge >= 0.3 is 5.97 Å². The molecule has 4 rings (SSSR count). The SMILES string of the molecule is O=C(O)c1ccc(N2CCC(CCN3CCCCC3)CC2)c(NC(=O)c2ccccc2)c1. The summed E-state index contributed by atoms with van der Waals surface area (Å²) in [6.45, 7) is 5.55. The number of hydrogen-bond acceptors (Lipinski definition) is 4. The average molecular weight is 436 g/mol. The van der Waals surface area contributed by atoms with Gasteiger partial charge < -0.3 is 20.2 Å². The highest BCUT2D eigenvalue weighted by molar-refractivity contribution is 6.06. The number of carbonyl (C=O) groups excluding carboxylic acids is 1. The quantitative estimate of drug-likeness (QED) is 0.658. The third-order valence-electron chi connectivity index (χ3n) is 6.79. The number of aromatic carboxylic acids is 1. The Bertz CT molecular complexity index is 917. The molecular weight excluding hydrogens is 402 g/mol. The van der Waals surface area contributed by atoms with Crippen LogP contribution < -0.4 is 10.2 Å². The lowest BCUT2D eigenvalue weighted by Crippen LogP contribution is -2.36. The van der Waals surface area contributed by atoms with Crippen LogP contribution in [0.4, 0.5) is 11.4 Å². The molecule has 32 heavy (non-hydrogen) atoms. The van der Waals surface area contributed by atoms with E-state index in [1.165, 1.54) is 45.3 Å². The maximum absolute atomic E-state index is 12.7. The summed E-state index contributed by atoms with van der Waals surface area (Å²) in [5, 5.41) is 12.4. The zero-order chi connectivity index (χ0) is 22.3. The molecule has 0 spiro atoms. The molecule has 0 radical (unpaired) electrons. The molecule has 170 valence electrons. The molecule has 2 aliphatic heterocycles. The van der Waals surface area contributed by atoms with E-state index in [1.54, 1.807) is 24.3 Å². The number of piperidine rings is 2. The van der Waals surface area contributed by atoms with Gasteiger partial charge in [-0.3, -0.25) is 4.79 Å². The Labute approximate surface area is 190 Å². The predicted molar refractivity (Wildman–Crippen MR) is 128 cm³/mol. The molecule has 0 atom stereocenters. The van der Waals surface area contributed by atoms with E-state index in [2.05, 4.69) is 15.1 Å². The second kappa shape index (κ2) is 10.6. The molecule has 2 N–H and O–H groups in total. The van der Waals surface area contributed by atoms with Crippen molar-refractivity contribution in [3.8, 4) is 0 Å². The molecule has 2 aromatic rings. The summed E-state index contributed by atoms with van der Waals surface area (Å²) in [5.74, 6) is -0.497. The van der Waals surface area contributed by atoms with Gasteiger partial charge in [0, 0.05) is 18.7 Å². The van der Waals surface area contributed by atoms with Crippen molar-refractivity contribution < 1.29 is 14.7 Å². The Morgan fingerprint density at radius 3 is 2.31 bits per heavy atom. The third-order valence-corrected chi connectivity index (χ3v) is 6.79. The van der Waals surface area contributed by atoms with Crippen LogP contribution in [0, 0.1) is 5.92 Å². The smallest absolute Gasteiger partial charge is 0.335 e. The van der Waals surface area contributed by atoms with Crippen molar-refractivity contribution in [3.63, 3.8) is 0 Å². The van der Waals surface area contributed by atoms with Crippen molar-refractivity contribution in [2.24, 2.45) is 5.92 Å². The molecule has 2 aromatic carbocycles. The molecule has 2 aliphatic rings. The fraction of sp³-hybridized carbons (Fsp3) is 0.462. The molecule has 1 amide bonds. The van der Waals surface area contributed by atoms with Gasteiger partial charge in [0.25, 0.3) is 5.91 Å². The summed E-state index contributed by atoms with van der Waals surface area (Å²) in [4.78, 5) is 29.1. The van der Waals surface area contributed by atoms with Gasteiger partial charge in [-0.1, -0.05) is 24.6 Å². The van der Waals surface area contributed by atoms with Crippen LogP contribution in [0.15, 0.2) is 48.5 Å². The first-order valence-corrected chi connectivity index (χ1v) is 11.8. The van der Waals surface area contributed by atoms with Gasteiger partial charge in [0.15, 0.2) is 0 Å². The van der Waals surface area contributed by atoms with E-state index in [9.17, 15) is 14.7 Å². The van der Waals surface area contributed by atoms with Crippen LogP contribution in [-0.2, 0) is 0 Å². The summed E-state index contributed by atoms with van der Waals surface area (Å²) in [6, 6.07) is 14.0. The standard InChI is InChI=1S/C26H33N3O3/c30-25(21-7-3-1-4-8-21)27-23-19-22(26(31)32)9-10-24(23)29-17-12-20(13-18-29)11-16-28-14-5-2-6-15-28/h1,3-4,7-10,19-20H,2,5-6,11-18H2,(H,27,30)(H,31,32). The minimum Gasteiger partial charge on any atom is -0.478 e. The second-order valence-electron chi connectivity index (χ2n) is 8.98. The van der Waals surface area contributed by atoms with E-state index < -0.39 is 5.97 Å². The van der Waals surface area contributed by atoms with Crippen LogP contribution in [0.25, 0.3) is 0 Å². The van der Waals surface area contributed by atoms with E-state index in [0.717, 1.165) is 37.5 Å². The highest BCUT2D eigenvalue weighted by atomic mass is 16.4. The van der Waals surface area contributed by atoms with E-state index in [0.29, 0.717) is 11.3 Å². The van der Waals surface area contributed by atoms with E-state index in [1.807, 2.05) is 24.3 Å². The number of benzene rings is 2. The van der Waals surface area contributed by atoms with Gasteiger partial charge in [-0.2, -0.15) is 0 Å². The van der Waals surface area contributed by atoms with E-state index in [-0.39, 0.29) is 11.5 Å². The number of carboxylic acids is 1. The zero-order valence-corrected chi connectivity index (χ0v) is 18.6. The van der Waals surface area contributed by atoms with Crippen LogP contribution in [0.3, 0.4) is 0 Å². The lowest BCUT2D eigenvalue weighted by atomic mass is 9.92. The minimum absolute atomic E-state index is 0.175. The van der Waals surface area contributed by atoms with Crippen LogP contribution in [0.1, 0.15) is 59.2 Å². The highest BCUT2D eigenvalue weighted by Crippen LogP contribution is 2.32. The number of likely N-dealkylation sites (tertiary alicyclic amines) is 1. The number of carboxylic acid groups (broad SMARTS) is 1. The Balaban J connectivity index is 1.41. The minimum atomic E-state index is -0.997. The van der Waals surface area contributed by atoms with Gasteiger partial charge in [0.05, 0.1) is 16.9 Å². The Morgan fingerprint density at radius 1 is 0.906 bits per heavy atom. The van der Waals surface area contributed by atoms with Crippen molar-refractivity contribution in [1.29, 1.82) is 0 Å². The first-order valence-electron chi connectivity index (χ1n) is 11.8. The molecule has 6 nitrogen and oxygen atoms in total. The summed E-state index contributed by atoms with van der Waals surface area (Å²) < 4.78 is 0. The van der Waals surface area contributed by atoms with Crippen molar-refractivity contribution in [2.45, 2.75) is 38.5 Å². The maximum atomic E-state index is 12.7. The molecular formula is C26H33N3O3.